The van der Waals surface area contributed by atoms with E-state index in [1.54, 1.807) is 12.3 Å². The van der Waals surface area contributed by atoms with Gasteiger partial charge in [-0.15, -0.1) is 0 Å². The summed E-state index contributed by atoms with van der Waals surface area (Å²) in [7, 11) is 0. The fraction of sp³-hybridized carbons (Fsp3) is 0.111. The standard InChI is InChI=1S/C18H16ClFN6O/c19-12-4-3-5-13(20)17(12)18(27)23-9-8-22-15-10-16(25-11-24-15)26-14-6-1-2-7-21-14/h1-7,10-11H,8-9H2,(H,23,27)(H2,21,22,24,25,26). The molecule has 2 heterocycles. The van der Waals surface area contributed by atoms with E-state index in [2.05, 4.69) is 30.9 Å². The monoisotopic (exact) mass is 386 g/mol. The molecular weight excluding hydrogens is 371 g/mol. The summed E-state index contributed by atoms with van der Waals surface area (Å²) in [5, 5.41) is 8.79. The van der Waals surface area contributed by atoms with Crippen molar-refractivity contribution in [2.75, 3.05) is 23.7 Å². The van der Waals surface area contributed by atoms with Crippen molar-refractivity contribution < 1.29 is 9.18 Å². The fourth-order valence-electron chi connectivity index (χ4n) is 2.26. The average molecular weight is 387 g/mol. The van der Waals surface area contributed by atoms with Crippen LogP contribution in [0.2, 0.25) is 5.02 Å². The average Bonchev–Trinajstić information content (AvgIpc) is 2.66. The molecule has 9 heteroatoms. The summed E-state index contributed by atoms with van der Waals surface area (Å²) in [4.78, 5) is 24.4. The lowest BCUT2D eigenvalue weighted by atomic mass is 10.2. The van der Waals surface area contributed by atoms with Gasteiger partial charge in [0.15, 0.2) is 0 Å². The summed E-state index contributed by atoms with van der Waals surface area (Å²) >= 11 is 5.87. The highest BCUT2D eigenvalue weighted by molar-refractivity contribution is 6.33. The number of benzene rings is 1. The van der Waals surface area contributed by atoms with Crippen LogP contribution in [0.15, 0.2) is 55.0 Å². The highest BCUT2D eigenvalue weighted by Gasteiger charge is 2.14. The maximum atomic E-state index is 13.7. The van der Waals surface area contributed by atoms with Gasteiger partial charge >= 0.3 is 0 Å². The van der Waals surface area contributed by atoms with E-state index < -0.39 is 11.7 Å². The van der Waals surface area contributed by atoms with Crippen LogP contribution in [-0.4, -0.2) is 33.9 Å². The first-order valence-corrected chi connectivity index (χ1v) is 8.47. The van der Waals surface area contributed by atoms with Gasteiger partial charge in [0, 0.05) is 25.4 Å². The zero-order valence-electron chi connectivity index (χ0n) is 14.1. The van der Waals surface area contributed by atoms with Gasteiger partial charge in [0.2, 0.25) is 0 Å². The summed E-state index contributed by atoms with van der Waals surface area (Å²) in [5.41, 5.74) is -0.164. The Hall–Kier alpha value is -3.26. The molecule has 1 amide bonds. The van der Waals surface area contributed by atoms with Crippen LogP contribution in [0.25, 0.3) is 0 Å². The number of anilines is 3. The van der Waals surface area contributed by atoms with Crippen LogP contribution in [0.5, 0.6) is 0 Å². The number of aromatic nitrogens is 3. The SMILES string of the molecule is O=C(NCCNc1cc(Nc2ccccn2)ncn1)c1c(F)cccc1Cl. The van der Waals surface area contributed by atoms with Crippen molar-refractivity contribution >= 4 is 35.0 Å². The van der Waals surface area contributed by atoms with Crippen molar-refractivity contribution in [1.82, 2.24) is 20.3 Å². The summed E-state index contributed by atoms with van der Waals surface area (Å²) < 4.78 is 13.7. The third kappa shape index (κ3) is 5.11. The van der Waals surface area contributed by atoms with E-state index in [1.807, 2.05) is 18.2 Å². The van der Waals surface area contributed by atoms with Gasteiger partial charge in [-0.25, -0.2) is 19.3 Å². The fourth-order valence-corrected chi connectivity index (χ4v) is 2.51. The largest absolute Gasteiger partial charge is 0.368 e. The Bertz CT molecular complexity index is 904. The number of nitrogens with one attached hydrogen (secondary N) is 3. The summed E-state index contributed by atoms with van der Waals surface area (Å²) in [5.74, 6) is 0.584. The lowest BCUT2D eigenvalue weighted by Crippen LogP contribution is -2.29. The molecule has 0 saturated carbocycles. The van der Waals surface area contributed by atoms with E-state index in [4.69, 9.17) is 11.6 Å². The summed E-state index contributed by atoms with van der Waals surface area (Å²) in [6, 6.07) is 11.3. The number of pyridine rings is 1. The van der Waals surface area contributed by atoms with Gasteiger partial charge in [-0.2, -0.15) is 0 Å². The van der Waals surface area contributed by atoms with E-state index in [0.29, 0.717) is 24.0 Å². The molecule has 3 N–H and O–H groups in total. The van der Waals surface area contributed by atoms with Crippen LogP contribution in [0.1, 0.15) is 10.4 Å². The molecule has 0 radical (unpaired) electrons. The second-order valence-corrected chi connectivity index (χ2v) is 5.82. The zero-order chi connectivity index (χ0) is 19.1. The molecule has 3 rings (SSSR count). The number of rotatable bonds is 7. The van der Waals surface area contributed by atoms with Crippen LogP contribution in [0.3, 0.4) is 0 Å². The maximum Gasteiger partial charge on any atom is 0.255 e. The van der Waals surface area contributed by atoms with Crippen molar-refractivity contribution in [3.63, 3.8) is 0 Å². The van der Waals surface area contributed by atoms with Crippen LogP contribution in [-0.2, 0) is 0 Å². The van der Waals surface area contributed by atoms with Gasteiger partial charge < -0.3 is 16.0 Å². The first-order valence-electron chi connectivity index (χ1n) is 8.09. The van der Waals surface area contributed by atoms with Crippen molar-refractivity contribution in [1.29, 1.82) is 0 Å². The number of hydrogen-bond acceptors (Lipinski definition) is 6. The first kappa shape index (κ1) is 18.5. The molecule has 7 nitrogen and oxygen atoms in total. The number of amides is 1. The molecule has 3 aromatic rings. The molecule has 27 heavy (non-hydrogen) atoms. The zero-order valence-corrected chi connectivity index (χ0v) is 14.9. The van der Waals surface area contributed by atoms with Gasteiger partial charge in [0.05, 0.1) is 10.6 Å². The molecule has 138 valence electrons. The lowest BCUT2D eigenvalue weighted by Gasteiger charge is -2.10. The quantitative estimate of drug-likeness (QED) is 0.540. The van der Waals surface area contributed by atoms with Crippen molar-refractivity contribution in [3.8, 4) is 0 Å². The van der Waals surface area contributed by atoms with Gasteiger partial charge in [0.1, 0.15) is 29.6 Å². The second-order valence-electron chi connectivity index (χ2n) is 5.41. The highest BCUT2D eigenvalue weighted by atomic mass is 35.5. The Morgan fingerprint density at radius 1 is 1.00 bits per heavy atom. The predicted octanol–water partition coefficient (Wildman–Crippen LogP) is 3.25. The molecule has 0 saturated heterocycles. The van der Waals surface area contributed by atoms with Crippen LogP contribution < -0.4 is 16.0 Å². The normalized spacial score (nSPS) is 10.3. The molecule has 0 aliphatic rings. The molecule has 0 aliphatic carbocycles. The van der Waals surface area contributed by atoms with Gasteiger partial charge in [-0.3, -0.25) is 4.79 Å². The predicted molar refractivity (Wildman–Crippen MR) is 102 cm³/mol. The van der Waals surface area contributed by atoms with E-state index in [1.165, 1.54) is 24.5 Å². The molecule has 0 atom stereocenters. The number of carbonyl (C=O) groups excluding carboxylic acids is 1. The second kappa shape index (κ2) is 8.91. The smallest absolute Gasteiger partial charge is 0.255 e. The van der Waals surface area contributed by atoms with Gasteiger partial charge in [-0.1, -0.05) is 23.7 Å². The molecule has 1 aromatic carbocycles. The highest BCUT2D eigenvalue weighted by Crippen LogP contribution is 2.18. The third-order valence-electron chi connectivity index (χ3n) is 3.49. The molecule has 0 aliphatic heterocycles. The number of carbonyl (C=O) groups is 1. The molecule has 2 aromatic heterocycles. The van der Waals surface area contributed by atoms with E-state index in [-0.39, 0.29) is 17.1 Å². The Morgan fingerprint density at radius 3 is 2.63 bits per heavy atom. The molecule has 0 unspecified atom stereocenters. The number of nitrogens with zero attached hydrogens (tertiary/aromatic N) is 3. The van der Waals surface area contributed by atoms with E-state index >= 15 is 0 Å². The minimum Gasteiger partial charge on any atom is -0.368 e. The van der Waals surface area contributed by atoms with Gasteiger partial charge in [-0.05, 0) is 24.3 Å². The van der Waals surface area contributed by atoms with Crippen LogP contribution in [0.4, 0.5) is 21.8 Å². The summed E-state index contributed by atoms with van der Waals surface area (Å²) in [6.07, 6.45) is 3.08. The Labute approximate surface area is 160 Å². The maximum absolute atomic E-state index is 13.7. The first-order chi connectivity index (χ1) is 13.1. The Balaban J connectivity index is 1.51. The number of halogens is 2. The topological polar surface area (TPSA) is 91.8 Å². The Kier molecular flexibility index (Phi) is 6.11. The van der Waals surface area contributed by atoms with Crippen molar-refractivity contribution in [2.45, 2.75) is 0 Å². The van der Waals surface area contributed by atoms with Crippen LogP contribution >= 0.6 is 11.6 Å². The molecule has 0 fully saturated rings. The third-order valence-corrected chi connectivity index (χ3v) is 3.81. The molecule has 0 bridgehead atoms. The number of hydrogen-bond donors (Lipinski definition) is 3. The van der Waals surface area contributed by atoms with Crippen LogP contribution in [0, 0.1) is 5.82 Å². The van der Waals surface area contributed by atoms with Crippen molar-refractivity contribution in [2.24, 2.45) is 0 Å². The lowest BCUT2D eigenvalue weighted by molar-refractivity contribution is 0.0951. The van der Waals surface area contributed by atoms with E-state index in [0.717, 1.165) is 0 Å². The van der Waals surface area contributed by atoms with Crippen molar-refractivity contribution in [3.05, 3.63) is 71.4 Å². The van der Waals surface area contributed by atoms with E-state index in [9.17, 15) is 9.18 Å². The van der Waals surface area contributed by atoms with Gasteiger partial charge in [0.25, 0.3) is 5.91 Å². The molecule has 0 spiro atoms. The minimum atomic E-state index is -0.658. The Morgan fingerprint density at radius 2 is 1.85 bits per heavy atom. The molecular formula is C18H16ClFN6O. The summed E-state index contributed by atoms with van der Waals surface area (Å²) in [6.45, 7) is 0.647. The minimum absolute atomic E-state index is 0.0708.